The SMILES string of the molecule is Cc1c(C(=O)NC(C)C(=O)O)oc2ccc(Br)cc12. The quantitative estimate of drug-likeness (QED) is 0.909. The molecule has 6 heteroatoms. The van der Waals surface area contributed by atoms with Crippen LogP contribution in [0.5, 0.6) is 0 Å². The highest BCUT2D eigenvalue weighted by Gasteiger charge is 2.21. The Hall–Kier alpha value is -1.82. The van der Waals surface area contributed by atoms with Crippen molar-refractivity contribution in [3.05, 3.63) is 34.0 Å². The molecule has 0 radical (unpaired) electrons. The van der Waals surface area contributed by atoms with Gasteiger partial charge < -0.3 is 14.8 Å². The van der Waals surface area contributed by atoms with Gasteiger partial charge in [-0.05, 0) is 32.0 Å². The molecule has 100 valence electrons. The molecule has 1 unspecified atom stereocenters. The molecule has 2 aromatic rings. The number of halogens is 1. The lowest BCUT2D eigenvalue weighted by molar-refractivity contribution is -0.138. The molecule has 0 saturated heterocycles. The second kappa shape index (κ2) is 5.05. The standard InChI is InChI=1S/C13H12BrNO4/c1-6-9-5-8(14)3-4-10(9)19-11(6)12(16)15-7(2)13(17)18/h3-5,7H,1-2H3,(H,15,16)(H,17,18). The van der Waals surface area contributed by atoms with Gasteiger partial charge in [0.15, 0.2) is 5.76 Å². The molecule has 0 aliphatic rings. The number of furan rings is 1. The average molecular weight is 326 g/mol. The molecule has 1 heterocycles. The summed E-state index contributed by atoms with van der Waals surface area (Å²) in [7, 11) is 0. The Morgan fingerprint density at radius 3 is 2.74 bits per heavy atom. The van der Waals surface area contributed by atoms with Gasteiger partial charge in [0.25, 0.3) is 5.91 Å². The third kappa shape index (κ3) is 2.63. The minimum Gasteiger partial charge on any atom is -0.480 e. The van der Waals surface area contributed by atoms with Crippen LogP contribution < -0.4 is 5.32 Å². The maximum atomic E-state index is 12.0. The van der Waals surface area contributed by atoms with Crippen LogP contribution in [0.15, 0.2) is 27.1 Å². The van der Waals surface area contributed by atoms with Crippen molar-refractivity contribution >= 4 is 38.8 Å². The van der Waals surface area contributed by atoms with Crippen molar-refractivity contribution in [3.8, 4) is 0 Å². The molecule has 2 rings (SSSR count). The zero-order valence-corrected chi connectivity index (χ0v) is 11.9. The van der Waals surface area contributed by atoms with Crippen molar-refractivity contribution in [2.24, 2.45) is 0 Å². The lowest BCUT2D eigenvalue weighted by atomic mass is 10.1. The topological polar surface area (TPSA) is 79.5 Å². The molecule has 0 aliphatic heterocycles. The molecule has 0 fully saturated rings. The first-order valence-corrected chi connectivity index (χ1v) is 6.41. The lowest BCUT2D eigenvalue weighted by Gasteiger charge is -2.07. The largest absolute Gasteiger partial charge is 0.480 e. The lowest BCUT2D eigenvalue weighted by Crippen LogP contribution is -2.38. The minimum atomic E-state index is -1.09. The van der Waals surface area contributed by atoms with E-state index in [1.54, 1.807) is 13.0 Å². The Labute approximate surface area is 117 Å². The van der Waals surface area contributed by atoms with E-state index in [1.807, 2.05) is 12.1 Å². The molecule has 0 saturated carbocycles. The summed E-state index contributed by atoms with van der Waals surface area (Å²) >= 11 is 3.35. The van der Waals surface area contributed by atoms with E-state index in [2.05, 4.69) is 21.2 Å². The van der Waals surface area contributed by atoms with Crippen molar-refractivity contribution in [2.75, 3.05) is 0 Å². The second-order valence-corrected chi connectivity index (χ2v) is 5.15. The third-order valence-corrected chi connectivity index (χ3v) is 3.32. The predicted molar refractivity (Wildman–Crippen MR) is 73.2 cm³/mol. The molecule has 2 N–H and O–H groups in total. The van der Waals surface area contributed by atoms with Crippen LogP contribution in [0.2, 0.25) is 0 Å². The van der Waals surface area contributed by atoms with Crippen LogP contribution in [0.25, 0.3) is 11.0 Å². The Balaban J connectivity index is 2.37. The van der Waals surface area contributed by atoms with Crippen molar-refractivity contribution in [1.29, 1.82) is 0 Å². The molecule has 1 aromatic carbocycles. The Bertz CT molecular complexity index is 662. The number of carbonyl (C=O) groups is 2. The van der Waals surface area contributed by atoms with Crippen LogP contribution in [0.1, 0.15) is 23.0 Å². The van der Waals surface area contributed by atoms with E-state index >= 15 is 0 Å². The number of aliphatic carboxylic acids is 1. The summed E-state index contributed by atoms with van der Waals surface area (Å²) in [5.74, 6) is -1.48. The first-order chi connectivity index (χ1) is 8.90. The van der Waals surface area contributed by atoms with Gasteiger partial charge in [0.05, 0.1) is 0 Å². The summed E-state index contributed by atoms with van der Waals surface area (Å²) in [6.07, 6.45) is 0. The van der Waals surface area contributed by atoms with E-state index in [4.69, 9.17) is 9.52 Å². The third-order valence-electron chi connectivity index (χ3n) is 2.82. The molecule has 19 heavy (non-hydrogen) atoms. The van der Waals surface area contributed by atoms with Crippen LogP contribution >= 0.6 is 15.9 Å². The number of hydrogen-bond donors (Lipinski definition) is 2. The highest BCUT2D eigenvalue weighted by molar-refractivity contribution is 9.10. The van der Waals surface area contributed by atoms with Crippen LogP contribution in [0.3, 0.4) is 0 Å². The van der Waals surface area contributed by atoms with E-state index in [1.165, 1.54) is 6.92 Å². The van der Waals surface area contributed by atoms with Gasteiger partial charge in [0.2, 0.25) is 0 Å². The number of amides is 1. The monoisotopic (exact) mass is 325 g/mol. The molecule has 0 bridgehead atoms. The normalized spacial score (nSPS) is 12.4. The van der Waals surface area contributed by atoms with Crippen LogP contribution in [0, 0.1) is 6.92 Å². The molecular weight excluding hydrogens is 314 g/mol. The Kier molecular flexibility index (Phi) is 3.61. The second-order valence-electron chi connectivity index (χ2n) is 4.23. The number of fused-ring (bicyclic) bond motifs is 1. The number of nitrogens with one attached hydrogen (secondary N) is 1. The first-order valence-electron chi connectivity index (χ1n) is 5.62. The van der Waals surface area contributed by atoms with Crippen LogP contribution in [-0.2, 0) is 4.79 Å². The van der Waals surface area contributed by atoms with Gasteiger partial charge in [-0.15, -0.1) is 0 Å². The highest BCUT2D eigenvalue weighted by Crippen LogP contribution is 2.27. The minimum absolute atomic E-state index is 0.140. The van der Waals surface area contributed by atoms with E-state index in [0.717, 1.165) is 9.86 Å². The highest BCUT2D eigenvalue weighted by atomic mass is 79.9. The average Bonchev–Trinajstić information content (AvgIpc) is 2.66. The number of hydrogen-bond acceptors (Lipinski definition) is 3. The maximum Gasteiger partial charge on any atom is 0.325 e. The van der Waals surface area contributed by atoms with Gasteiger partial charge in [-0.25, -0.2) is 0 Å². The van der Waals surface area contributed by atoms with Crippen molar-refractivity contribution in [1.82, 2.24) is 5.32 Å². The van der Waals surface area contributed by atoms with Gasteiger partial charge in [0, 0.05) is 15.4 Å². The summed E-state index contributed by atoms with van der Waals surface area (Å²) < 4.78 is 6.35. The molecule has 0 spiro atoms. The fourth-order valence-electron chi connectivity index (χ4n) is 1.73. The number of carboxylic acid groups (broad SMARTS) is 1. The molecular formula is C13H12BrNO4. The number of aryl methyl sites for hydroxylation is 1. The van der Waals surface area contributed by atoms with Crippen molar-refractivity contribution in [3.63, 3.8) is 0 Å². The van der Waals surface area contributed by atoms with Crippen molar-refractivity contribution < 1.29 is 19.1 Å². The summed E-state index contributed by atoms with van der Waals surface area (Å²) in [4.78, 5) is 22.7. The number of carboxylic acids is 1. The van der Waals surface area contributed by atoms with Gasteiger partial charge >= 0.3 is 5.97 Å². The summed E-state index contributed by atoms with van der Waals surface area (Å²) in [6.45, 7) is 3.16. The molecule has 1 aromatic heterocycles. The fourth-order valence-corrected chi connectivity index (χ4v) is 2.09. The van der Waals surface area contributed by atoms with Gasteiger partial charge in [-0.3, -0.25) is 9.59 Å². The van der Waals surface area contributed by atoms with Crippen LogP contribution in [-0.4, -0.2) is 23.0 Å². The number of benzene rings is 1. The summed E-state index contributed by atoms with van der Waals surface area (Å²) in [5, 5.41) is 12.0. The van der Waals surface area contributed by atoms with Gasteiger partial charge in [-0.1, -0.05) is 15.9 Å². The zero-order chi connectivity index (χ0) is 14.2. The molecule has 1 atom stereocenters. The smallest absolute Gasteiger partial charge is 0.325 e. The Morgan fingerprint density at radius 1 is 1.42 bits per heavy atom. The first kappa shape index (κ1) is 13.6. The van der Waals surface area contributed by atoms with Gasteiger partial charge in [0.1, 0.15) is 11.6 Å². The Morgan fingerprint density at radius 2 is 2.11 bits per heavy atom. The maximum absolute atomic E-state index is 12.0. The zero-order valence-electron chi connectivity index (χ0n) is 10.4. The fraction of sp³-hybridized carbons (Fsp3) is 0.231. The van der Waals surface area contributed by atoms with Gasteiger partial charge in [-0.2, -0.15) is 0 Å². The van der Waals surface area contributed by atoms with Crippen LogP contribution in [0.4, 0.5) is 0 Å². The molecule has 1 amide bonds. The number of carbonyl (C=O) groups excluding carboxylic acids is 1. The summed E-state index contributed by atoms with van der Waals surface area (Å²) in [6, 6.07) is 4.45. The molecule has 0 aliphatic carbocycles. The summed E-state index contributed by atoms with van der Waals surface area (Å²) in [5.41, 5.74) is 1.28. The van der Waals surface area contributed by atoms with E-state index in [9.17, 15) is 9.59 Å². The van der Waals surface area contributed by atoms with Crippen molar-refractivity contribution in [2.45, 2.75) is 19.9 Å². The molecule has 5 nitrogen and oxygen atoms in total. The predicted octanol–water partition coefficient (Wildman–Crippen LogP) is 2.71. The number of rotatable bonds is 3. The van der Waals surface area contributed by atoms with E-state index < -0.39 is 17.9 Å². The van der Waals surface area contributed by atoms with E-state index in [-0.39, 0.29) is 5.76 Å². The van der Waals surface area contributed by atoms with E-state index in [0.29, 0.717) is 11.1 Å².